The Hall–Kier alpha value is -1.59. The van der Waals surface area contributed by atoms with E-state index in [0.29, 0.717) is 17.9 Å². The van der Waals surface area contributed by atoms with Gasteiger partial charge in [-0.1, -0.05) is 12.1 Å². The first kappa shape index (κ1) is 13.4. The molecule has 0 aliphatic carbocycles. The third-order valence-corrected chi connectivity index (χ3v) is 3.74. The second-order valence-corrected chi connectivity index (χ2v) is 5.42. The molecule has 3 rings (SSSR count). The van der Waals surface area contributed by atoms with Crippen LogP contribution in [-0.4, -0.2) is 49.9 Å². The van der Waals surface area contributed by atoms with E-state index in [1.165, 1.54) is 0 Å². The Morgan fingerprint density at radius 3 is 3.10 bits per heavy atom. The fraction of sp³-hybridized carbons (Fsp3) is 0.533. The highest BCUT2D eigenvalue weighted by Crippen LogP contribution is 2.23. The summed E-state index contributed by atoms with van der Waals surface area (Å²) in [6, 6.07) is 7.27. The van der Waals surface area contributed by atoms with Crippen LogP contribution in [-0.2, 0) is 4.74 Å². The molecule has 5 nitrogen and oxygen atoms in total. The second kappa shape index (κ2) is 5.81. The molecule has 1 aromatic rings. The average Bonchev–Trinajstić information content (AvgIpc) is 2.59. The highest BCUT2D eigenvalue weighted by molar-refractivity contribution is 5.97. The summed E-state index contributed by atoms with van der Waals surface area (Å²) in [6.45, 7) is 2.41. The van der Waals surface area contributed by atoms with Crippen LogP contribution in [0.5, 0.6) is 5.75 Å². The molecule has 2 unspecified atom stereocenters. The maximum absolute atomic E-state index is 11.9. The zero-order chi connectivity index (χ0) is 13.9. The van der Waals surface area contributed by atoms with Crippen LogP contribution >= 0.6 is 0 Å². The number of carbonyl (C=O) groups is 1. The van der Waals surface area contributed by atoms with Gasteiger partial charge in [-0.15, -0.1) is 0 Å². The maximum atomic E-state index is 11.9. The lowest BCUT2D eigenvalue weighted by Gasteiger charge is -2.32. The van der Waals surface area contributed by atoms with Gasteiger partial charge in [-0.2, -0.15) is 0 Å². The van der Waals surface area contributed by atoms with Gasteiger partial charge in [0.15, 0.2) is 0 Å². The minimum atomic E-state index is -0.418. The van der Waals surface area contributed by atoms with Gasteiger partial charge in [-0.25, -0.2) is 0 Å². The normalized spacial score (nSPS) is 27.1. The van der Waals surface area contributed by atoms with Gasteiger partial charge in [0, 0.05) is 6.54 Å². The fourth-order valence-corrected chi connectivity index (χ4v) is 2.73. The first-order valence-electron chi connectivity index (χ1n) is 7.10. The van der Waals surface area contributed by atoms with E-state index < -0.39 is 6.29 Å². The second-order valence-electron chi connectivity index (χ2n) is 5.42. The molecule has 1 amide bonds. The van der Waals surface area contributed by atoms with Crippen LogP contribution in [0.3, 0.4) is 0 Å². The summed E-state index contributed by atoms with van der Waals surface area (Å²) in [6.07, 6.45) is 1.93. The number of rotatable bonds is 2. The lowest BCUT2D eigenvalue weighted by atomic mass is 10.1. The molecule has 108 valence electrons. The summed E-state index contributed by atoms with van der Waals surface area (Å²) in [5.41, 5.74) is 0.569. The molecule has 0 aromatic heterocycles. The number of likely N-dealkylation sites (N-methyl/N-ethyl adjacent to an activating group) is 1. The molecule has 2 aliphatic heterocycles. The highest BCUT2D eigenvalue weighted by atomic mass is 16.7. The minimum Gasteiger partial charge on any atom is -0.462 e. The quantitative estimate of drug-likeness (QED) is 0.883. The van der Waals surface area contributed by atoms with Crippen LogP contribution in [0.4, 0.5) is 0 Å². The third-order valence-electron chi connectivity index (χ3n) is 3.74. The number of hydrogen-bond acceptors (Lipinski definition) is 4. The molecule has 0 radical (unpaired) electrons. The molecule has 1 fully saturated rings. The number of nitrogens with one attached hydrogen (secondary N) is 1. The molecule has 2 aliphatic rings. The van der Waals surface area contributed by atoms with Gasteiger partial charge in [0.25, 0.3) is 5.91 Å². The number of likely N-dealkylation sites (tertiary alicyclic amines) is 1. The van der Waals surface area contributed by atoms with E-state index in [-0.39, 0.29) is 12.0 Å². The Morgan fingerprint density at radius 2 is 2.25 bits per heavy atom. The van der Waals surface area contributed by atoms with Crippen molar-refractivity contribution in [1.82, 2.24) is 10.2 Å². The lowest BCUT2D eigenvalue weighted by Crippen LogP contribution is -2.42. The van der Waals surface area contributed by atoms with E-state index >= 15 is 0 Å². The molecule has 5 heteroatoms. The predicted molar refractivity (Wildman–Crippen MR) is 74.8 cm³/mol. The molecule has 1 saturated heterocycles. The molecular formula is C15H20N2O3. The summed E-state index contributed by atoms with van der Waals surface area (Å²) >= 11 is 0. The van der Waals surface area contributed by atoms with E-state index in [4.69, 9.17) is 9.47 Å². The van der Waals surface area contributed by atoms with E-state index in [2.05, 4.69) is 17.3 Å². The predicted octanol–water partition coefficient (Wildman–Crippen LogP) is 1.25. The molecule has 2 heterocycles. The van der Waals surface area contributed by atoms with Crippen LogP contribution in [0.1, 0.15) is 23.2 Å². The van der Waals surface area contributed by atoms with Crippen molar-refractivity contribution in [3.8, 4) is 5.75 Å². The van der Waals surface area contributed by atoms with Crippen molar-refractivity contribution in [3.05, 3.63) is 29.8 Å². The molecule has 0 spiro atoms. The molecule has 1 aromatic carbocycles. The number of benzene rings is 1. The van der Waals surface area contributed by atoms with Gasteiger partial charge in [-0.3, -0.25) is 4.79 Å². The van der Waals surface area contributed by atoms with Gasteiger partial charge in [0.1, 0.15) is 5.75 Å². The molecule has 0 bridgehead atoms. The van der Waals surface area contributed by atoms with E-state index in [0.717, 1.165) is 25.9 Å². The highest BCUT2D eigenvalue weighted by Gasteiger charge is 2.26. The maximum Gasteiger partial charge on any atom is 0.255 e. The Kier molecular flexibility index (Phi) is 3.89. The van der Waals surface area contributed by atoms with Crippen molar-refractivity contribution in [2.45, 2.75) is 25.2 Å². The van der Waals surface area contributed by atoms with Gasteiger partial charge in [-0.05, 0) is 38.6 Å². The number of ether oxygens (including phenoxy) is 2. The monoisotopic (exact) mass is 276 g/mol. The average molecular weight is 276 g/mol. The van der Waals surface area contributed by atoms with Crippen molar-refractivity contribution < 1.29 is 14.3 Å². The lowest BCUT2D eigenvalue weighted by molar-refractivity contribution is -0.128. The number of hydrogen-bond donors (Lipinski definition) is 1. The summed E-state index contributed by atoms with van der Waals surface area (Å²) in [5.74, 6) is 0.490. The van der Waals surface area contributed by atoms with Crippen molar-refractivity contribution in [2.24, 2.45) is 0 Å². The summed E-state index contributed by atoms with van der Waals surface area (Å²) in [5, 5.41) is 2.85. The summed E-state index contributed by atoms with van der Waals surface area (Å²) in [4.78, 5) is 14.2. The summed E-state index contributed by atoms with van der Waals surface area (Å²) in [7, 11) is 2.10. The Labute approximate surface area is 118 Å². The molecule has 20 heavy (non-hydrogen) atoms. The number of nitrogens with zero attached hydrogens (tertiary/aromatic N) is 1. The van der Waals surface area contributed by atoms with Crippen molar-refractivity contribution >= 4 is 5.91 Å². The van der Waals surface area contributed by atoms with Crippen LogP contribution in [0.15, 0.2) is 24.3 Å². The van der Waals surface area contributed by atoms with Crippen LogP contribution in [0.25, 0.3) is 0 Å². The van der Waals surface area contributed by atoms with Crippen molar-refractivity contribution in [1.29, 1.82) is 0 Å². The number of piperidine rings is 1. The fourth-order valence-electron chi connectivity index (χ4n) is 2.73. The van der Waals surface area contributed by atoms with E-state index in [1.54, 1.807) is 6.07 Å². The van der Waals surface area contributed by atoms with Crippen LogP contribution in [0, 0.1) is 0 Å². The Bertz CT molecular complexity index is 492. The standard InChI is InChI=1S/C15H20N2O3/c1-17-8-4-5-11(10-17)19-14-9-16-15(18)12-6-2-3-7-13(12)20-14/h2-3,6-7,11,14H,4-5,8-10H2,1H3,(H,16,18). The Morgan fingerprint density at radius 1 is 1.40 bits per heavy atom. The van der Waals surface area contributed by atoms with Crippen LogP contribution < -0.4 is 10.1 Å². The van der Waals surface area contributed by atoms with Gasteiger partial charge < -0.3 is 19.7 Å². The van der Waals surface area contributed by atoms with Gasteiger partial charge >= 0.3 is 0 Å². The topological polar surface area (TPSA) is 50.8 Å². The zero-order valence-electron chi connectivity index (χ0n) is 11.7. The van der Waals surface area contributed by atoms with E-state index in [9.17, 15) is 4.79 Å². The van der Waals surface area contributed by atoms with Gasteiger partial charge in [0.05, 0.1) is 18.2 Å². The van der Waals surface area contributed by atoms with Crippen molar-refractivity contribution in [3.63, 3.8) is 0 Å². The first-order valence-corrected chi connectivity index (χ1v) is 7.10. The first-order chi connectivity index (χ1) is 9.72. The van der Waals surface area contributed by atoms with Crippen LogP contribution in [0.2, 0.25) is 0 Å². The zero-order valence-corrected chi connectivity index (χ0v) is 11.7. The number of para-hydroxylation sites is 1. The van der Waals surface area contributed by atoms with E-state index in [1.807, 2.05) is 18.2 Å². The number of amides is 1. The molecule has 2 atom stereocenters. The third kappa shape index (κ3) is 2.94. The smallest absolute Gasteiger partial charge is 0.255 e. The largest absolute Gasteiger partial charge is 0.462 e. The van der Waals surface area contributed by atoms with Crippen molar-refractivity contribution in [2.75, 3.05) is 26.7 Å². The number of carbonyl (C=O) groups excluding carboxylic acids is 1. The number of fused-ring (bicyclic) bond motifs is 1. The van der Waals surface area contributed by atoms with Gasteiger partial charge in [0.2, 0.25) is 6.29 Å². The molecular weight excluding hydrogens is 256 g/mol. The minimum absolute atomic E-state index is 0.104. The molecule has 0 saturated carbocycles. The Balaban J connectivity index is 1.68. The molecule has 1 N–H and O–H groups in total. The summed E-state index contributed by atoms with van der Waals surface area (Å²) < 4.78 is 11.9. The SMILES string of the molecule is CN1CCCC(OC2CNC(=O)c3ccccc3O2)C1.